The van der Waals surface area contributed by atoms with Crippen LogP contribution >= 0.6 is 11.6 Å². The molecule has 2 N–H and O–H groups in total. The summed E-state index contributed by atoms with van der Waals surface area (Å²) < 4.78 is 0. The van der Waals surface area contributed by atoms with Crippen molar-refractivity contribution in [3.05, 3.63) is 28.3 Å². The number of halogens is 1. The van der Waals surface area contributed by atoms with Crippen LogP contribution in [0.2, 0.25) is 5.02 Å². The standard InChI is InChI=1S/C16H21ClN4/c1-20-4-2-13(3-5-20)21-9-12(10-21)14-6-11(8-18)7-15(19)16(14)17/h6-7,12-13H,2-5,9-10,19H2,1H3. The lowest BCUT2D eigenvalue weighted by Gasteiger charge is -2.47. The van der Waals surface area contributed by atoms with E-state index in [-0.39, 0.29) is 0 Å². The van der Waals surface area contributed by atoms with E-state index in [0.717, 1.165) is 18.7 Å². The monoisotopic (exact) mass is 304 g/mol. The third-order valence-corrected chi connectivity index (χ3v) is 5.25. The van der Waals surface area contributed by atoms with Crippen molar-refractivity contribution < 1.29 is 0 Å². The van der Waals surface area contributed by atoms with E-state index in [1.54, 1.807) is 6.07 Å². The van der Waals surface area contributed by atoms with Crippen molar-refractivity contribution in [2.24, 2.45) is 0 Å². The first kappa shape index (κ1) is 14.6. The number of hydrogen-bond donors (Lipinski definition) is 1. The topological polar surface area (TPSA) is 56.3 Å². The summed E-state index contributed by atoms with van der Waals surface area (Å²) in [7, 11) is 2.19. The van der Waals surface area contributed by atoms with Crippen molar-refractivity contribution in [3.63, 3.8) is 0 Å². The summed E-state index contributed by atoms with van der Waals surface area (Å²) in [5.74, 6) is 0.410. The number of anilines is 1. The van der Waals surface area contributed by atoms with Crippen LogP contribution < -0.4 is 5.73 Å². The smallest absolute Gasteiger partial charge is 0.0992 e. The van der Waals surface area contributed by atoms with E-state index >= 15 is 0 Å². The molecule has 5 heteroatoms. The minimum absolute atomic E-state index is 0.410. The number of piperidine rings is 1. The van der Waals surface area contributed by atoms with Gasteiger partial charge >= 0.3 is 0 Å². The first-order chi connectivity index (χ1) is 10.1. The number of likely N-dealkylation sites (tertiary alicyclic amines) is 2. The Bertz CT molecular complexity index is 566. The van der Waals surface area contributed by atoms with E-state index in [4.69, 9.17) is 22.6 Å². The second kappa shape index (κ2) is 5.84. The molecule has 2 aliphatic heterocycles. The largest absolute Gasteiger partial charge is 0.397 e. The Hall–Kier alpha value is -1.28. The van der Waals surface area contributed by atoms with Gasteiger partial charge in [0.15, 0.2) is 0 Å². The van der Waals surface area contributed by atoms with Crippen molar-refractivity contribution in [2.75, 3.05) is 39.0 Å². The van der Waals surface area contributed by atoms with Crippen LogP contribution in [-0.4, -0.2) is 49.1 Å². The van der Waals surface area contributed by atoms with Crippen LogP contribution in [0, 0.1) is 11.3 Å². The zero-order valence-corrected chi connectivity index (χ0v) is 13.1. The second-order valence-electron chi connectivity index (χ2n) is 6.27. The van der Waals surface area contributed by atoms with Gasteiger partial charge in [0.1, 0.15) is 0 Å². The van der Waals surface area contributed by atoms with Gasteiger partial charge < -0.3 is 10.6 Å². The molecule has 2 fully saturated rings. The molecule has 0 aromatic heterocycles. The molecular weight excluding hydrogens is 284 g/mol. The Kier molecular flexibility index (Phi) is 4.08. The number of hydrogen-bond acceptors (Lipinski definition) is 4. The number of nitrogens with two attached hydrogens (primary N) is 1. The van der Waals surface area contributed by atoms with Crippen LogP contribution in [-0.2, 0) is 0 Å². The molecule has 2 aliphatic rings. The van der Waals surface area contributed by atoms with E-state index in [0.29, 0.717) is 28.2 Å². The van der Waals surface area contributed by atoms with E-state index < -0.39 is 0 Å². The van der Waals surface area contributed by atoms with Gasteiger partial charge in [0.25, 0.3) is 0 Å². The molecule has 0 radical (unpaired) electrons. The van der Waals surface area contributed by atoms with Gasteiger partial charge in [-0.25, -0.2) is 0 Å². The van der Waals surface area contributed by atoms with Gasteiger partial charge in [0.2, 0.25) is 0 Å². The Morgan fingerprint density at radius 1 is 1.29 bits per heavy atom. The van der Waals surface area contributed by atoms with Crippen molar-refractivity contribution in [1.82, 2.24) is 9.80 Å². The van der Waals surface area contributed by atoms with Crippen molar-refractivity contribution in [3.8, 4) is 6.07 Å². The molecule has 0 aliphatic carbocycles. The number of nitrogen functional groups attached to an aromatic ring is 1. The summed E-state index contributed by atoms with van der Waals surface area (Å²) >= 11 is 6.32. The molecule has 0 spiro atoms. The summed E-state index contributed by atoms with van der Waals surface area (Å²) in [6.07, 6.45) is 2.49. The SMILES string of the molecule is CN1CCC(N2CC(c3cc(C#N)cc(N)c3Cl)C2)CC1. The highest BCUT2D eigenvalue weighted by atomic mass is 35.5. The van der Waals surface area contributed by atoms with Crippen LogP contribution in [0.4, 0.5) is 5.69 Å². The number of benzene rings is 1. The fourth-order valence-corrected chi connectivity index (χ4v) is 3.66. The maximum atomic E-state index is 9.07. The number of rotatable bonds is 2. The molecule has 2 heterocycles. The van der Waals surface area contributed by atoms with E-state index in [1.807, 2.05) is 6.07 Å². The van der Waals surface area contributed by atoms with Gasteiger partial charge in [-0.05, 0) is 50.7 Å². The zero-order chi connectivity index (χ0) is 15.0. The first-order valence-electron chi connectivity index (χ1n) is 7.50. The van der Waals surface area contributed by atoms with Gasteiger partial charge in [0, 0.05) is 25.0 Å². The van der Waals surface area contributed by atoms with Gasteiger partial charge in [-0.15, -0.1) is 0 Å². The Balaban J connectivity index is 1.66. The van der Waals surface area contributed by atoms with Gasteiger partial charge in [-0.1, -0.05) is 11.6 Å². The van der Waals surface area contributed by atoms with Crippen molar-refractivity contribution in [2.45, 2.75) is 24.8 Å². The quantitative estimate of drug-likeness (QED) is 0.852. The molecule has 2 saturated heterocycles. The summed E-state index contributed by atoms with van der Waals surface area (Å²) in [5.41, 5.74) is 8.06. The molecule has 0 unspecified atom stereocenters. The number of nitriles is 1. The first-order valence-corrected chi connectivity index (χ1v) is 7.88. The summed E-state index contributed by atoms with van der Waals surface area (Å²) in [4.78, 5) is 4.94. The average Bonchev–Trinajstić information content (AvgIpc) is 2.43. The molecule has 1 aromatic rings. The highest BCUT2D eigenvalue weighted by Crippen LogP contribution is 2.37. The molecule has 3 rings (SSSR count). The average molecular weight is 305 g/mol. The lowest BCUT2D eigenvalue weighted by molar-refractivity contribution is 0.0525. The fraction of sp³-hybridized carbons (Fsp3) is 0.562. The zero-order valence-electron chi connectivity index (χ0n) is 12.3. The predicted molar refractivity (Wildman–Crippen MR) is 85.4 cm³/mol. The molecule has 0 amide bonds. The van der Waals surface area contributed by atoms with E-state index in [2.05, 4.69) is 22.9 Å². The molecule has 0 bridgehead atoms. The van der Waals surface area contributed by atoms with Crippen LogP contribution in [0.1, 0.15) is 29.9 Å². The molecule has 0 atom stereocenters. The maximum Gasteiger partial charge on any atom is 0.0992 e. The third kappa shape index (κ3) is 2.87. The highest BCUT2D eigenvalue weighted by Gasteiger charge is 2.35. The van der Waals surface area contributed by atoms with Gasteiger partial charge in [0.05, 0.1) is 22.3 Å². The Labute approximate surface area is 131 Å². The minimum Gasteiger partial charge on any atom is -0.397 e. The molecule has 4 nitrogen and oxygen atoms in total. The van der Waals surface area contributed by atoms with Crippen LogP contribution in [0.5, 0.6) is 0 Å². The Morgan fingerprint density at radius 3 is 2.57 bits per heavy atom. The van der Waals surface area contributed by atoms with E-state index in [9.17, 15) is 0 Å². The normalized spacial score (nSPS) is 22.0. The fourth-order valence-electron chi connectivity index (χ4n) is 3.40. The third-order valence-electron chi connectivity index (χ3n) is 4.81. The molecule has 112 valence electrons. The van der Waals surface area contributed by atoms with Gasteiger partial charge in [-0.2, -0.15) is 5.26 Å². The second-order valence-corrected chi connectivity index (χ2v) is 6.64. The summed E-state index contributed by atoms with van der Waals surface area (Å²) in [6, 6.07) is 6.41. The summed E-state index contributed by atoms with van der Waals surface area (Å²) in [5, 5.41) is 9.69. The van der Waals surface area contributed by atoms with Crippen LogP contribution in [0.3, 0.4) is 0 Å². The molecule has 1 aromatic carbocycles. The van der Waals surface area contributed by atoms with Crippen molar-refractivity contribution in [1.29, 1.82) is 5.26 Å². The summed E-state index contributed by atoms with van der Waals surface area (Å²) in [6.45, 7) is 4.43. The van der Waals surface area contributed by atoms with Crippen molar-refractivity contribution >= 4 is 17.3 Å². The maximum absolute atomic E-state index is 9.07. The predicted octanol–water partition coefficient (Wildman–Crippen LogP) is 2.29. The Morgan fingerprint density at radius 2 is 1.95 bits per heavy atom. The minimum atomic E-state index is 0.410. The molecule has 0 saturated carbocycles. The molecule has 21 heavy (non-hydrogen) atoms. The number of nitrogens with zero attached hydrogens (tertiary/aromatic N) is 3. The van der Waals surface area contributed by atoms with Gasteiger partial charge in [-0.3, -0.25) is 4.90 Å². The van der Waals surface area contributed by atoms with Crippen LogP contribution in [0.25, 0.3) is 0 Å². The van der Waals surface area contributed by atoms with E-state index in [1.165, 1.54) is 25.9 Å². The lowest BCUT2D eigenvalue weighted by Crippen LogP contribution is -2.53. The molecular formula is C16H21ClN4. The van der Waals surface area contributed by atoms with Crippen LogP contribution in [0.15, 0.2) is 12.1 Å². The lowest BCUT2D eigenvalue weighted by atomic mass is 9.87. The highest BCUT2D eigenvalue weighted by molar-refractivity contribution is 6.34.